The van der Waals surface area contributed by atoms with Crippen molar-refractivity contribution in [3.05, 3.63) is 24.5 Å². The van der Waals surface area contributed by atoms with Gasteiger partial charge in [-0.05, 0) is 12.1 Å². The third-order valence-electron chi connectivity index (χ3n) is 0.996. The molecule has 0 aliphatic heterocycles. The first kappa shape index (κ1) is 7.89. The van der Waals surface area contributed by atoms with E-state index in [1.165, 1.54) is 4.90 Å². The summed E-state index contributed by atoms with van der Waals surface area (Å²) in [7, 11) is 0. The summed E-state index contributed by atoms with van der Waals surface area (Å²) in [5.74, 6) is 1.67. The molecule has 0 atom stereocenters. The van der Waals surface area contributed by atoms with Gasteiger partial charge in [0.15, 0.2) is 0 Å². The minimum atomic E-state index is 0.701. The van der Waals surface area contributed by atoms with Crippen LogP contribution in [0.3, 0.4) is 0 Å². The van der Waals surface area contributed by atoms with Gasteiger partial charge in [-0.3, -0.25) is 4.98 Å². The average molecular weight is 174 g/mol. The highest BCUT2D eigenvalue weighted by molar-refractivity contribution is 7.99. The average Bonchev–Trinajstić information content (AvgIpc) is 2.03. The maximum atomic E-state index is 5.51. The molecule has 1 aromatic heterocycles. The Morgan fingerprint density at radius 2 is 2.10 bits per heavy atom. The SMILES string of the molecule is ClCCSc1ccncc1. The summed E-state index contributed by atoms with van der Waals surface area (Å²) in [4.78, 5) is 5.14. The number of halogens is 1. The molecule has 0 saturated heterocycles. The largest absolute Gasteiger partial charge is 0.265 e. The van der Waals surface area contributed by atoms with E-state index in [1.54, 1.807) is 24.2 Å². The first-order chi connectivity index (χ1) is 4.93. The molecule has 1 nitrogen and oxygen atoms in total. The van der Waals surface area contributed by atoms with Crippen LogP contribution in [0.15, 0.2) is 29.4 Å². The second-order valence-corrected chi connectivity index (χ2v) is 3.27. The lowest BCUT2D eigenvalue weighted by Gasteiger charge is -1.95. The molecule has 3 heteroatoms. The summed E-state index contributed by atoms with van der Waals surface area (Å²) in [6.07, 6.45) is 3.58. The van der Waals surface area contributed by atoms with Gasteiger partial charge in [0.1, 0.15) is 0 Å². The van der Waals surface area contributed by atoms with Gasteiger partial charge in [-0.25, -0.2) is 0 Å². The van der Waals surface area contributed by atoms with E-state index in [0.29, 0.717) is 5.88 Å². The van der Waals surface area contributed by atoms with Crippen LogP contribution in [-0.4, -0.2) is 16.6 Å². The summed E-state index contributed by atoms with van der Waals surface area (Å²) < 4.78 is 0. The predicted octanol–water partition coefficient (Wildman–Crippen LogP) is 2.41. The van der Waals surface area contributed by atoms with Gasteiger partial charge in [0, 0.05) is 28.9 Å². The molecule has 54 valence electrons. The molecule has 0 amide bonds. The Kier molecular flexibility index (Phi) is 3.62. The zero-order valence-electron chi connectivity index (χ0n) is 5.46. The molecule has 0 radical (unpaired) electrons. The molecule has 0 saturated carbocycles. The van der Waals surface area contributed by atoms with Crippen LogP contribution in [0.1, 0.15) is 0 Å². The Hall–Kier alpha value is -0.210. The molecule has 0 N–H and O–H groups in total. The van der Waals surface area contributed by atoms with Crippen LogP contribution in [0.5, 0.6) is 0 Å². The maximum Gasteiger partial charge on any atom is 0.0317 e. The number of alkyl halides is 1. The van der Waals surface area contributed by atoms with Crippen LogP contribution in [-0.2, 0) is 0 Å². The molecule has 0 bridgehead atoms. The molecular formula is C7H8ClNS. The van der Waals surface area contributed by atoms with Crippen molar-refractivity contribution in [1.29, 1.82) is 0 Å². The van der Waals surface area contributed by atoms with Gasteiger partial charge in [0.2, 0.25) is 0 Å². The first-order valence-corrected chi connectivity index (χ1v) is 4.54. The second-order valence-electron chi connectivity index (χ2n) is 1.72. The van der Waals surface area contributed by atoms with Crippen molar-refractivity contribution in [3.8, 4) is 0 Å². The highest BCUT2D eigenvalue weighted by atomic mass is 35.5. The highest BCUT2D eigenvalue weighted by Gasteiger charge is 1.89. The third kappa shape index (κ3) is 2.58. The lowest BCUT2D eigenvalue weighted by molar-refractivity contribution is 1.26. The van der Waals surface area contributed by atoms with Crippen molar-refractivity contribution in [3.63, 3.8) is 0 Å². The Morgan fingerprint density at radius 3 is 2.70 bits per heavy atom. The Labute approximate surface area is 69.8 Å². The van der Waals surface area contributed by atoms with E-state index in [2.05, 4.69) is 4.98 Å². The molecule has 0 fully saturated rings. The molecule has 0 spiro atoms. The van der Waals surface area contributed by atoms with Crippen LogP contribution in [0, 0.1) is 0 Å². The van der Waals surface area contributed by atoms with Gasteiger partial charge in [-0.1, -0.05) is 0 Å². The van der Waals surface area contributed by atoms with Crippen molar-refractivity contribution >= 4 is 23.4 Å². The molecule has 10 heavy (non-hydrogen) atoms. The quantitative estimate of drug-likeness (QED) is 0.515. The molecule has 1 aromatic rings. The minimum Gasteiger partial charge on any atom is -0.265 e. The van der Waals surface area contributed by atoms with E-state index in [9.17, 15) is 0 Å². The normalized spacial score (nSPS) is 9.70. The summed E-state index contributed by atoms with van der Waals surface area (Å²) in [5, 5.41) is 0. The molecule has 1 heterocycles. The fourth-order valence-electron chi connectivity index (χ4n) is 0.591. The number of thioether (sulfide) groups is 1. The van der Waals surface area contributed by atoms with Crippen molar-refractivity contribution in [2.45, 2.75) is 4.90 Å². The van der Waals surface area contributed by atoms with Crippen molar-refractivity contribution in [2.75, 3.05) is 11.6 Å². The Morgan fingerprint density at radius 1 is 1.40 bits per heavy atom. The number of rotatable bonds is 3. The van der Waals surface area contributed by atoms with E-state index >= 15 is 0 Å². The van der Waals surface area contributed by atoms with Gasteiger partial charge in [0.05, 0.1) is 0 Å². The zero-order chi connectivity index (χ0) is 7.23. The van der Waals surface area contributed by atoms with Gasteiger partial charge in [-0.2, -0.15) is 0 Å². The molecule has 0 unspecified atom stereocenters. The van der Waals surface area contributed by atoms with Crippen LogP contribution in [0.2, 0.25) is 0 Å². The van der Waals surface area contributed by atoms with Gasteiger partial charge in [-0.15, -0.1) is 23.4 Å². The summed E-state index contributed by atoms with van der Waals surface area (Å²) in [6.45, 7) is 0. The molecule has 0 aliphatic carbocycles. The highest BCUT2D eigenvalue weighted by Crippen LogP contribution is 2.15. The van der Waals surface area contributed by atoms with Crippen LogP contribution >= 0.6 is 23.4 Å². The molecule has 0 aliphatic rings. The van der Waals surface area contributed by atoms with Crippen molar-refractivity contribution in [2.24, 2.45) is 0 Å². The van der Waals surface area contributed by atoms with Crippen LogP contribution in [0.25, 0.3) is 0 Å². The monoisotopic (exact) mass is 173 g/mol. The van der Waals surface area contributed by atoms with E-state index in [0.717, 1.165) is 5.75 Å². The van der Waals surface area contributed by atoms with E-state index in [4.69, 9.17) is 11.6 Å². The molecule has 0 aromatic carbocycles. The minimum absolute atomic E-state index is 0.701. The molecule has 1 rings (SSSR count). The van der Waals surface area contributed by atoms with E-state index < -0.39 is 0 Å². The first-order valence-electron chi connectivity index (χ1n) is 3.02. The zero-order valence-corrected chi connectivity index (χ0v) is 7.03. The van der Waals surface area contributed by atoms with Crippen molar-refractivity contribution < 1.29 is 0 Å². The lowest BCUT2D eigenvalue weighted by atomic mass is 10.5. The standard InChI is InChI=1S/C7H8ClNS/c8-3-6-10-7-1-4-9-5-2-7/h1-2,4-5H,3,6H2. The number of hydrogen-bond acceptors (Lipinski definition) is 2. The number of aromatic nitrogens is 1. The number of pyridine rings is 1. The van der Waals surface area contributed by atoms with Gasteiger partial charge >= 0.3 is 0 Å². The van der Waals surface area contributed by atoms with Crippen LogP contribution in [0.4, 0.5) is 0 Å². The van der Waals surface area contributed by atoms with E-state index in [1.807, 2.05) is 12.1 Å². The fourth-order valence-corrected chi connectivity index (χ4v) is 1.45. The summed E-state index contributed by atoms with van der Waals surface area (Å²) >= 11 is 7.26. The Bertz CT molecular complexity index is 178. The third-order valence-corrected chi connectivity index (χ3v) is 2.42. The van der Waals surface area contributed by atoms with Gasteiger partial charge in [0.25, 0.3) is 0 Å². The number of nitrogens with zero attached hydrogens (tertiary/aromatic N) is 1. The van der Waals surface area contributed by atoms with Crippen LogP contribution < -0.4 is 0 Å². The Balaban J connectivity index is 2.43. The summed E-state index contributed by atoms with van der Waals surface area (Å²) in [5.41, 5.74) is 0. The van der Waals surface area contributed by atoms with Gasteiger partial charge < -0.3 is 0 Å². The predicted molar refractivity (Wildman–Crippen MR) is 45.7 cm³/mol. The smallest absolute Gasteiger partial charge is 0.0317 e. The molecular weight excluding hydrogens is 166 g/mol. The van der Waals surface area contributed by atoms with Crippen molar-refractivity contribution in [1.82, 2.24) is 4.98 Å². The second kappa shape index (κ2) is 4.58. The summed E-state index contributed by atoms with van der Waals surface area (Å²) in [6, 6.07) is 3.97. The lowest BCUT2D eigenvalue weighted by Crippen LogP contribution is -1.78. The van der Waals surface area contributed by atoms with E-state index in [-0.39, 0.29) is 0 Å². The number of hydrogen-bond donors (Lipinski definition) is 0. The maximum absolute atomic E-state index is 5.51. The fraction of sp³-hybridized carbons (Fsp3) is 0.286. The topological polar surface area (TPSA) is 12.9 Å².